The number of ether oxygens (including phenoxy) is 1. The molecule has 1 aliphatic carbocycles. The Kier molecular flexibility index (Phi) is 3.25. The number of hydrogen-bond donors (Lipinski definition) is 1. The van der Waals surface area contributed by atoms with Crippen LogP contribution in [0.25, 0.3) is 0 Å². The van der Waals surface area contributed by atoms with Crippen LogP contribution in [0.4, 0.5) is 0 Å². The molecule has 106 valence electrons. The SMILES string of the molecule is O=C(O)C1CCN(C(=O)[C@]23CCC[C@H]2OCC3)CC1. The van der Waals surface area contributed by atoms with Crippen LogP contribution in [0.2, 0.25) is 0 Å². The third kappa shape index (κ3) is 2.04. The molecule has 0 aromatic heterocycles. The zero-order valence-corrected chi connectivity index (χ0v) is 11.1. The summed E-state index contributed by atoms with van der Waals surface area (Å²) in [6, 6.07) is 0. The van der Waals surface area contributed by atoms with Crippen molar-refractivity contribution in [3.05, 3.63) is 0 Å². The van der Waals surface area contributed by atoms with E-state index in [2.05, 4.69) is 0 Å². The molecule has 3 aliphatic rings. The second-order valence-corrected chi connectivity index (χ2v) is 6.06. The molecule has 1 saturated carbocycles. The Balaban J connectivity index is 1.67. The second-order valence-electron chi connectivity index (χ2n) is 6.06. The second kappa shape index (κ2) is 4.78. The number of carboxylic acids is 1. The molecule has 0 unspecified atom stereocenters. The number of rotatable bonds is 2. The van der Waals surface area contributed by atoms with Gasteiger partial charge in [0, 0.05) is 19.7 Å². The zero-order chi connectivity index (χ0) is 13.5. The van der Waals surface area contributed by atoms with E-state index in [1.165, 1.54) is 0 Å². The van der Waals surface area contributed by atoms with Gasteiger partial charge in [-0.1, -0.05) is 0 Å². The van der Waals surface area contributed by atoms with Gasteiger partial charge in [0.15, 0.2) is 0 Å². The Hall–Kier alpha value is -1.10. The standard InChI is InChI=1S/C14H21NO4/c16-12(17)10-3-7-15(8-4-10)13(18)14-5-1-2-11(14)19-9-6-14/h10-11H,1-9H2,(H,16,17)/t11-,14+/m1/s1. The van der Waals surface area contributed by atoms with Crippen molar-refractivity contribution < 1.29 is 19.4 Å². The third-order valence-corrected chi connectivity index (χ3v) is 5.13. The molecule has 0 radical (unpaired) electrons. The van der Waals surface area contributed by atoms with Crippen molar-refractivity contribution in [3.8, 4) is 0 Å². The highest BCUT2D eigenvalue weighted by atomic mass is 16.5. The number of likely N-dealkylation sites (tertiary alicyclic amines) is 1. The van der Waals surface area contributed by atoms with Crippen LogP contribution in [0.15, 0.2) is 0 Å². The highest BCUT2D eigenvalue weighted by Gasteiger charge is 2.54. The smallest absolute Gasteiger partial charge is 0.306 e. The minimum Gasteiger partial charge on any atom is -0.481 e. The minimum atomic E-state index is -0.729. The zero-order valence-electron chi connectivity index (χ0n) is 11.1. The number of nitrogens with zero attached hydrogens (tertiary/aromatic N) is 1. The van der Waals surface area contributed by atoms with Gasteiger partial charge in [-0.2, -0.15) is 0 Å². The summed E-state index contributed by atoms with van der Waals surface area (Å²) in [7, 11) is 0. The fourth-order valence-corrected chi connectivity index (χ4v) is 3.95. The molecule has 0 aromatic carbocycles. The highest BCUT2D eigenvalue weighted by molar-refractivity contribution is 5.84. The van der Waals surface area contributed by atoms with E-state index in [-0.39, 0.29) is 23.3 Å². The molecular weight excluding hydrogens is 246 g/mol. The van der Waals surface area contributed by atoms with Crippen LogP contribution in [0.1, 0.15) is 38.5 Å². The summed E-state index contributed by atoms with van der Waals surface area (Å²) >= 11 is 0. The van der Waals surface area contributed by atoms with Gasteiger partial charge in [-0.3, -0.25) is 9.59 Å². The number of carbonyl (C=O) groups is 2. The summed E-state index contributed by atoms with van der Waals surface area (Å²) in [5.41, 5.74) is -0.282. The Morgan fingerprint density at radius 3 is 2.58 bits per heavy atom. The molecule has 0 aromatic rings. The van der Waals surface area contributed by atoms with Crippen molar-refractivity contribution in [3.63, 3.8) is 0 Å². The maximum Gasteiger partial charge on any atom is 0.306 e. The topological polar surface area (TPSA) is 66.8 Å². The highest BCUT2D eigenvalue weighted by Crippen LogP contribution is 2.48. The minimum absolute atomic E-state index is 0.109. The van der Waals surface area contributed by atoms with Gasteiger partial charge in [-0.15, -0.1) is 0 Å². The molecule has 19 heavy (non-hydrogen) atoms. The Labute approximate surface area is 112 Å². The summed E-state index contributed by atoms with van der Waals surface area (Å²) in [6.45, 7) is 1.87. The van der Waals surface area contributed by atoms with Crippen LogP contribution >= 0.6 is 0 Å². The van der Waals surface area contributed by atoms with Gasteiger partial charge in [0.25, 0.3) is 0 Å². The molecule has 1 amide bonds. The van der Waals surface area contributed by atoms with Gasteiger partial charge in [-0.25, -0.2) is 0 Å². The monoisotopic (exact) mass is 267 g/mol. The van der Waals surface area contributed by atoms with Gasteiger partial charge in [0.2, 0.25) is 5.91 Å². The Morgan fingerprint density at radius 1 is 1.16 bits per heavy atom. The number of fused-ring (bicyclic) bond motifs is 1. The van der Waals surface area contributed by atoms with E-state index in [0.717, 1.165) is 25.7 Å². The van der Waals surface area contributed by atoms with Crippen molar-refractivity contribution >= 4 is 11.9 Å². The molecule has 5 nitrogen and oxygen atoms in total. The van der Waals surface area contributed by atoms with Crippen molar-refractivity contribution in [2.45, 2.75) is 44.6 Å². The normalized spacial score (nSPS) is 35.4. The van der Waals surface area contributed by atoms with Gasteiger partial charge in [-0.05, 0) is 38.5 Å². The quantitative estimate of drug-likeness (QED) is 0.818. The molecule has 5 heteroatoms. The lowest BCUT2D eigenvalue weighted by Crippen LogP contribution is -2.49. The summed E-state index contributed by atoms with van der Waals surface area (Å²) in [4.78, 5) is 25.6. The molecule has 3 rings (SSSR count). The lowest BCUT2D eigenvalue weighted by atomic mass is 9.80. The molecule has 1 N–H and O–H groups in total. The van der Waals surface area contributed by atoms with E-state index >= 15 is 0 Å². The number of piperidine rings is 1. The largest absolute Gasteiger partial charge is 0.481 e. The molecule has 2 atom stereocenters. The first-order valence-electron chi connectivity index (χ1n) is 7.27. The third-order valence-electron chi connectivity index (χ3n) is 5.13. The number of aliphatic carboxylic acids is 1. The molecule has 0 bridgehead atoms. The Morgan fingerprint density at radius 2 is 1.89 bits per heavy atom. The molecule has 0 spiro atoms. The predicted octanol–water partition coefficient (Wildman–Crippen LogP) is 1.27. The van der Waals surface area contributed by atoms with Crippen molar-refractivity contribution in [2.75, 3.05) is 19.7 Å². The average molecular weight is 267 g/mol. The van der Waals surface area contributed by atoms with Gasteiger partial charge in [0.1, 0.15) is 0 Å². The molecule has 3 fully saturated rings. The van der Waals surface area contributed by atoms with Gasteiger partial charge < -0.3 is 14.7 Å². The summed E-state index contributed by atoms with van der Waals surface area (Å²) in [6.07, 6.45) is 5.13. The molecule has 2 saturated heterocycles. The van der Waals surface area contributed by atoms with E-state index in [1.54, 1.807) is 0 Å². The van der Waals surface area contributed by atoms with Crippen molar-refractivity contribution in [2.24, 2.45) is 11.3 Å². The Bertz CT molecular complexity index is 377. The van der Waals surface area contributed by atoms with E-state index < -0.39 is 5.97 Å². The van der Waals surface area contributed by atoms with Gasteiger partial charge >= 0.3 is 5.97 Å². The molecular formula is C14H21NO4. The van der Waals surface area contributed by atoms with E-state index in [9.17, 15) is 9.59 Å². The van der Waals surface area contributed by atoms with Crippen LogP contribution < -0.4 is 0 Å². The fourth-order valence-electron chi connectivity index (χ4n) is 3.95. The summed E-state index contributed by atoms with van der Waals surface area (Å²) < 4.78 is 5.71. The first-order valence-corrected chi connectivity index (χ1v) is 7.27. The first-order chi connectivity index (χ1) is 9.13. The average Bonchev–Trinajstić information content (AvgIpc) is 2.98. The van der Waals surface area contributed by atoms with Gasteiger partial charge in [0.05, 0.1) is 17.4 Å². The lowest BCUT2D eigenvalue weighted by molar-refractivity contribution is -0.150. The van der Waals surface area contributed by atoms with Crippen molar-refractivity contribution in [1.82, 2.24) is 4.90 Å². The van der Waals surface area contributed by atoms with E-state index in [4.69, 9.17) is 9.84 Å². The molecule has 2 aliphatic heterocycles. The number of carbonyl (C=O) groups excluding carboxylic acids is 1. The number of carboxylic acid groups (broad SMARTS) is 1. The van der Waals surface area contributed by atoms with Crippen LogP contribution in [0, 0.1) is 11.3 Å². The van der Waals surface area contributed by atoms with Crippen LogP contribution in [-0.4, -0.2) is 47.7 Å². The number of hydrogen-bond acceptors (Lipinski definition) is 3. The number of amides is 1. The van der Waals surface area contributed by atoms with Crippen LogP contribution in [0.3, 0.4) is 0 Å². The fraction of sp³-hybridized carbons (Fsp3) is 0.857. The maximum atomic E-state index is 12.8. The molecule has 2 heterocycles. The first kappa shape index (κ1) is 12.9. The summed E-state index contributed by atoms with van der Waals surface area (Å²) in [5.74, 6) is -0.787. The van der Waals surface area contributed by atoms with Crippen molar-refractivity contribution in [1.29, 1.82) is 0 Å². The van der Waals surface area contributed by atoms with Crippen LogP contribution in [-0.2, 0) is 14.3 Å². The predicted molar refractivity (Wildman–Crippen MR) is 67.6 cm³/mol. The lowest BCUT2D eigenvalue weighted by Gasteiger charge is -2.37. The summed E-state index contributed by atoms with van der Waals surface area (Å²) in [5, 5.41) is 9.00. The van der Waals surface area contributed by atoms with E-state index in [1.807, 2.05) is 4.90 Å². The van der Waals surface area contributed by atoms with E-state index in [0.29, 0.717) is 32.5 Å². The maximum absolute atomic E-state index is 12.8. The van der Waals surface area contributed by atoms with Crippen LogP contribution in [0.5, 0.6) is 0 Å².